The summed E-state index contributed by atoms with van der Waals surface area (Å²) in [7, 11) is 6.11. The van der Waals surface area contributed by atoms with Gasteiger partial charge in [-0.25, -0.2) is 9.78 Å². The van der Waals surface area contributed by atoms with E-state index in [0.29, 0.717) is 16.8 Å². The number of hydrogen-bond donors (Lipinski definition) is 1. The number of aryl methyl sites for hydroxylation is 1. The van der Waals surface area contributed by atoms with Crippen LogP contribution in [0.5, 0.6) is 0 Å². The molecule has 3 rings (SSSR count). The average Bonchev–Trinajstić information content (AvgIpc) is 2.59. The highest BCUT2D eigenvalue weighted by atomic mass is 16.4. The molecule has 0 fully saturated rings. The van der Waals surface area contributed by atoms with E-state index in [4.69, 9.17) is 4.42 Å². The van der Waals surface area contributed by atoms with Crippen LogP contribution in [0.25, 0.3) is 16.5 Å². The van der Waals surface area contributed by atoms with Crippen molar-refractivity contribution in [3.05, 3.63) is 58.0 Å². The van der Waals surface area contributed by atoms with E-state index >= 15 is 0 Å². The zero-order valence-corrected chi connectivity index (χ0v) is 15.2. The van der Waals surface area contributed by atoms with Crippen molar-refractivity contribution in [1.82, 2.24) is 20.1 Å². The molecule has 0 saturated carbocycles. The molecule has 25 heavy (non-hydrogen) atoms. The van der Waals surface area contributed by atoms with Gasteiger partial charge < -0.3 is 19.5 Å². The first kappa shape index (κ1) is 17.2. The Bertz CT molecular complexity index is 896. The molecular weight excluding hydrogens is 316 g/mol. The Morgan fingerprint density at radius 3 is 2.80 bits per heavy atom. The minimum absolute atomic E-state index is 0.346. The maximum Gasteiger partial charge on any atom is 0.347 e. The molecule has 2 aromatic rings. The van der Waals surface area contributed by atoms with Crippen molar-refractivity contribution in [2.45, 2.75) is 6.92 Å². The summed E-state index contributed by atoms with van der Waals surface area (Å²) in [6.07, 6.45) is 3.96. The van der Waals surface area contributed by atoms with E-state index in [1.807, 2.05) is 58.4 Å². The fourth-order valence-electron chi connectivity index (χ4n) is 2.88. The summed E-state index contributed by atoms with van der Waals surface area (Å²) < 4.78 is 5.56. The van der Waals surface area contributed by atoms with Gasteiger partial charge in [-0.2, -0.15) is 0 Å². The number of nitrogens with one attached hydrogen (secondary N) is 1. The zero-order chi connectivity index (χ0) is 18.0. The summed E-state index contributed by atoms with van der Waals surface area (Å²) in [5.41, 5.74) is 1.99. The molecule has 2 heterocycles. The number of hydrogen-bond acceptors (Lipinski definition) is 6. The second-order valence-corrected chi connectivity index (χ2v) is 6.55. The molecular formula is C19H24N4O2. The summed E-state index contributed by atoms with van der Waals surface area (Å²) in [6, 6.07) is 5.64. The smallest absolute Gasteiger partial charge is 0.347 e. The molecule has 0 unspecified atom stereocenters. The predicted octanol–water partition coefficient (Wildman–Crippen LogP) is 1.82. The van der Waals surface area contributed by atoms with Gasteiger partial charge in [0.2, 0.25) is 5.89 Å². The molecule has 1 aliphatic heterocycles. The van der Waals surface area contributed by atoms with Gasteiger partial charge in [0.15, 0.2) is 0 Å². The fourth-order valence-corrected chi connectivity index (χ4v) is 2.88. The minimum Gasteiger partial charge on any atom is -0.403 e. The first-order chi connectivity index (χ1) is 12.0. The van der Waals surface area contributed by atoms with Crippen LogP contribution in [-0.2, 0) is 0 Å². The Balaban J connectivity index is 2.07. The number of fused-ring (bicyclic) bond motifs is 1. The highest BCUT2D eigenvalue weighted by molar-refractivity contribution is 5.82. The number of allylic oxidation sites excluding steroid dienone is 2. The van der Waals surface area contributed by atoms with Gasteiger partial charge in [0.25, 0.3) is 0 Å². The highest BCUT2D eigenvalue weighted by Crippen LogP contribution is 2.23. The molecule has 132 valence electrons. The Labute approximate surface area is 147 Å². The third-order valence-corrected chi connectivity index (χ3v) is 4.29. The molecule has 6 nitrogen and oxygen atoms in total. The molecule has 1 aromatic carbocycles. The summed E-state index contributed by atoms with van der Waals surface area (Å²) >= 11 is 0. The normalized spacial score (nSPS) is 14.3. The lowest BCUT2D eigenvalue weighted by Gasteiger charge is -2.28. The van der Waals surface area contributed by atoms with Crippen molar-refractivity contribution in [3.63, 3.8) is 0 Å². The largest absolute Gasteiger partial charge is 0.403 e. The highest BCUT2D eigenvalue weighted by Gasteiger charge is 2.19. The van der Waals surface area contributed by atoms with Gasteiger partial charge in [-0.05, 0) is 38.7 Å². The van der Waals surface area contributed by atoms with Crippen LogP contribution in [0.1, 0.15) is 11.5 Å². The second-order valence-electron chi connectivity index (χ2n) is 6.55. The standard InChI is InChI=1S/C19H24N4O2/c1-13-7-5-9-15-16(13)19(24)25-18(21-15)14-8-6-10-20-17(14)23(4)12-11-22(2)3/h5-9,20H,10-12H2,1-4H3. The Morgan fingerprint density at radius 1 is 1.24 bits per heavy atom. The molecule has 1 aromatic heterocycles. The number of dihydropyridines is 1. The topological polar surface area (TPSA) is 61.6 Å². The number of nitrogens with zero attached hydrogens (tertiary/aromatic N) is 3. The van der Waals surface area contributed by atoms with Crippen molar-refractivity contribution < 1.29 is 4.42 Å². The van der Waals surface area contributed by atoms with Crippen molar-refractivity contribution in [2.75, 3.05) is 40.8 Å². The van der Waals surface area contributed by atoms with E-state index in [1.165, 1.54) is 0 Å². The van der Waals surface area contributed by atoms with Crippen LogP contribution in [0, 0.1) is 6.92 Å². The van der Waals surface area contributed by atoms with Crippen LogP contribution < -0.4 is 10.9 Å². The summed E-state index contributed by atoms with van der Waals surface area (Å²) in [6.45, 7) is 4.40. The lowest BCUT2D eigenvalue weighted by molar-refractivity contribution is 0.313. The van der Waals surface area contributed by atoms with Crippen LogP contribution in [0.4, 0.5) is 0 Å². The van der Waals surface area contributed by atoms with Crippen molar-refractivity contribution in [2.24, 2.45) is 0 Å². The number of aromatic nitrogens is 1. The van der Waals surface area contributed by atoms with Gasteiger partial charge in [0.05, 0.1) is 16.5 Å². The van der Waals surface area contributed by atoms with Crippen molar-refractivity contribution in [1.29, 1.82) is 0 Å². The van der Waals surface area contributed by atoms with E-state index in [-0.39, 0.29) is 5.63 Å². The molecule has 0 aliphatic carbocycles. The maximum atomic E-state index is 12.5. The van der Waals surface area contributed by atoms with Crippen molar-refractivity contribution in [3.8, 4) is 0 Å². The van der Waals surface area contributed by atoms with E-state index in [9.17, 15) is 4.79 Å². The lowest BCUT2D eigenvalue weighted by Crippen LogP contribution is -2.36. The summed E-state index contributed by atoms with van der Waals surface area (Å²) in [4.78, 5) is 21.3. The number of likely N-dealkylation sites (N-methyl/N-ethyl adjacent to an activating group) is 2. The van der Waals surface area contributed by atoms with E-state index in [2.05, 4.69) is 20.1 Å². The third kappa shape index (κ3) is 3.58. The van der Waals surface area contributed by atoms with E-state index < -0.39 is 0 Å². The Hall–Kier alpha value is -2.60. The van der Waals surface area contributed by atoms with Crippen LogP contribution in [-0.4, -0.2) is 55.6 Å². The van der Waals surface area contributed by atoms with Crippen LogP contribution in [0.3, 0.4) is 0 Å². The van der Waals surface area contributed by atoms with Crippen LogP contribution in [0.15, 0.2) is 45.4 Å². The quantitative estimate of drug-likeness (QED) is 0.896. The summed E-state index contributed by atoms with van der Waals surface area (Å²) in [5.74, 6) is 1.27. The van der Waals surface area contributed by atoms with Gasteiger partial charge in [0, 0.05) is 26.7 Å². The van der Waals surface area contributed by atoms with Crippen LogP contribution in [0.2, 0.25) is 0 Å². The van der Waals surface area contributed by atoms with Gasteiger partial charge in [-0.3, -0.25) is 0 Å². The molecule has 0 radical (unpaired) electrons. The molecule has 1 aliphatic rings. The van der Waals surface area contributed by atoms with Crippen molar-refractivity contribution >= 4 is 16.5 Å². The van der Waals surface area contributed by atoms with Gasteiger partial charge >= 0.3 is 5.63 Å². The SMILES string of the molecule is Cc1cccc2nc(C3=C(N(C)CCN(C)C)NCC=C3)oc(=O)c12. The molecule has 6 heteroatoms. The Kier molecular flexibility index (Phi) is 4.90. The first-order valence-corrected chi connectivity index (χ1v) is 8.39. The fraction of sp³-hybridized carbons (Fsp3) is 0.368. The molecule has 0 saturated heterocycles. The Morgan fingerprint density at radius 2 is 2.04 bits per heavy atom. The average molecular weight is 340 g/mol. The molecule has 0 bridgehead atoms. The minimum atomic E-state index is -0.347. The van der Waals surface area contributed by atoms with E-state index in [1.54, 1.807) is 0 Å². The zero-order valence-electron chi connectivity index (χ0n) is 15.2. The second kappa shape index (κ2) is 7.11. The third-order valence-electron chi connectivity index (χ3n) is 4.29. The first-order valence-electron chi connectivity index (χ1n) is 8.39. The molecule has 1 N–H and O–H groups in total. The van der Waals surface area contributed by atoms with Gasteiger partial charge in [-0.1, -0.05) is 18.2 Å². The van der Waals surface area contributed by atoms with Gasteiger partial charge in [-0.15, -0.1) is 0 Å². The number of benzene rings is 1. The summed E-state index contributed by atoms with van der Waals surface area (Å²) in [5, 5.41) is 3.91. The van der Waals surface area contributed by atoms with Gasteiger partial charge in [0.1, 0.15) is 5.82 Å². The van der Waals surface area contributed by atoms with E-state index in [0.717, 1.165) is 36.6 Å². The maximum absolute atomic E-state index is 12.5. The number of rotatable bonds is 5. The molecule has 0 atom stereocenters. The molecule has 0 amide bonds. The predicted molar refractivity (Wildman–Crippen MR) is 100 cm³/mol. The monoisotopic (exact) mass is 340 g/mol. The van der Waals surface area contributed by atoms with Crippen LogP contribution >= 0.6 is 0 Å². The lowest BCUT2D eigenvalue weighted by atomic mass is 10.1. The molecule has 0 spiro atoms.